The minimum atomic E-state index is 0.147. The maximum atomic E-state index is 4.36. The van der Waals surface area contributed by atoms with Crippen molar-refractivity contribution in [3.05, 3.63) is 35.6 Å². The molecule has 2 heteroatoms. The number of fused-ring (bicyclic) bond motifs is 1. The van der Waals surface area contributed by atoms with Crippen LogP contribution in [0.5, 0.6) is 0 Å². The molecule has 0 aromatic heterocycles. The maximum Gasteiger partial charge on any atom is 0.107 e. The lowest BCUT2D eigenvalue weighted by molar-refractivity contribution is 0.615. The van der Waals surface area contributed by atoms with Crippen molar-refractivity contribution >= 4 is 20.6 Å². The molecule has 0 aromatic carbocycles. The van der Waals surface area contributed by atoms with Crippen LogP contribution in [0.15, 0.2) is 40.6 Å². The Labute approximate surface area is 80.7 Å². The highest BCUT2D eigenvalue weighted by atomic mass is 79.9. The maximum absolute atomic E-state index is 4.36. The van der Waals surface area contributed by atoms with Crippen molar-refractivity contribution in [2.75, 3.05) is 0 Å². The predicted octanol–water partition coefficient (Wildman–Crippen LogP) is 3.20. The molecule has 0 fully saturated rings. The van der Waals surface area contributed by atoms with E-state index in [4.69, 9.17) is 0 Å². The lowest BCUT2D eigenvalue weighted by Crippen LogP contribution is -2.07. The minimum absolute atomic E-state index is 0.147. The summed E-state index contributed by atoms with van der Waals surface area (Å²) < 4.78 is 0.922. The third-order valence-electron chi connectivity index (χ3n) is 2.00. The first-order chi connectivity index (χ1) is 5.57. The van der Waals surface area contributed by atoms with Crippen molar-refractivity contribution < 1.29 is 0 Å². The van der Waals surface area contributed by atoms with Crippen molar-refractivity contribution in [2.24, 2.45) is 10.4 Å². The van der Waals surface area contributed by atoms with E-state index >= 15 is 0 Å². The molecule has 1 aliphatic carbocycles. The van der Waals surface area contributed by atoms with E-state index in [0.29, 0.717) is 0 Å². The standard InChI is InChI=1S/C10H10BrN/c1-10(2)4-3-7-5-9(11)12-8(7)6-10/h3-6H,1-2H3. The molecule has 1 aliphatic heterocycles. The summed E-state index contributed by atoms with van der Waals surface area (Å²) in [5, 5.41) is 0. The van der Waals surface area contributed by atoms with Gasteiger partial charge in [-0.2, -0.15) is 0 Å². The highest BCUT2D eigenvalue weighted by Gasteiger charge is 2.20. The van der Waals surface area contributed by atoms with Crippen LogP contribution in [-0.4, -0.2) is 4.62 Å². The van der Waals surface area contributed by atoms with E-state index in [1.165, 1.54) is 5.57 Å². The van der Waals surface area contributed by atoms with Crippen LogP contribution in [0.2, 0.25) is 0 Å². The molecule has 2 rings (SSSR count). The number of halogens is 1. The molecular weight excluding hydrogens is 214 g/mol. The number of hydrogen-bond donors (Lipinski definition) is 0. The van der Waals surface area contributed by atoms with Gasteiger partial charge in [0.25, 0.3) is 0 Å². The summed E-state index contributed by atoms with van der Waals surface area (Å²) in [5.41, 5.74) is 2.45. The molecule has 0 radical (unpaired) electrons. The fraction of sp³-hybridized carbons (Fsp3) is 0.300. The zero-order chi connectivity index (χ0) is 8.77. The molecule has 1 heterocycles. The van der Waals surface area contributed by atoms with E-state index < -0.39 is 0 Å². The molecule has 2 aliphatic rings. The van der Waals surface area contributed by atoms with Gasteiger partial charge in [0.1, 0.15) is 4.62 Å². The number of allylic oxidation sites excluding steroid dienone is 4. The zero-order valence-electron chi connectivity index (χ0n) is 7.13. The summed E-state index contributed by atoms with van der Waals surface area (Å²) >= 11 is 3.36. The summed E-state index contributed by atoms with van der Waals surface area (Å²) in [4.78, 5) is 4.36. The van der Waals surface area contributed by atoms with Gasteiger partial charge in [-0.25, -0.2) is 4.99 Å². The van der Waals surface area contributed by atoms with Gasteiger partial charge < -0.3 is 0 Å². The van der Waals surface area contributed by atoms with Crippen LogP contribution < -0.4 is 0 Å². The average Bonchev–Trinajstić information content (AvgIpc) is 2.26. The van der Waals surface area contributed by atoms with Crippen molar-refractivity contribution in [3.63, 3.8) is 0 Å². The summed E-state index contributed by atoms with van der Waals surface area (Å²) in [6.07, 6.45) is 8.56. The molecule has 0 saturated heterocycles. The topological polar surface area (TPSA) is 12.4 Å². The average molecular weight is 224 g/mol. The molecule has 0 aromatic rings. The molecule has 0 N–H and O–H groups in total. The molecule has 0 spiro atoms. The highest BCUT2D eigenvalue weighted by Crippen LogP contribution is 2.34. The summed E-state index contributed by atoms with van der Waals surface area (Å²) in [7, 11) is 0. The van der Waals surface area contributed by atoms with Gasteiger partial charge in [-0.15, -0.1) is 0 Å². The van der Waals surface area contributed by atoms with Gasteiger partial charge in [0, 0.05) is 11.0 Å². The van der Waals surface area contributed by atoms with Gasteiger partial charge in [0.2, 0.25) is 0 Å². The summed E-state index contributed by atoms with van der Waals surface area (Å²) in [6, 6.07) is 0. The van der Waals surface area contributed by atoms with E-state index in [2.05, 4.69) is 53.0 Å². The van der Waals surface area contributed by atoms with Crippen LogP contribution in [0.1, 0.15) is 13.8 Å². The fourth-order valence-electron chi connectivity index (χ4n) is 1.37. The number of nitrogens with zero attached hydrogens (tertiary/aromatic N) is 1. The largest absolute Gasteiger partial charge is 0.241 e. The van der Waals surface area contributed by atoms with E-state index in [9.17, 15) is 0 Å². The lowest BCUT2D eigenvalue weighted by Gasteiger charge is -2.19. The van der Waals surface area contributed by atoms with Gasteiger partial charge in [-0.1, -0.05) is 26.0 Å². The molecule has 1 nitrogen and oxygen atoms in total. The SMILES string of the molecule is CC1(C)C=CC2=CC(Br)=NC2=C1. The number of rotatable bonds is 0. The molecular formula is C10H10BrN. The second-order valence-corrected chi connectivity index (χ2v) is 4.53. The fourth-order valence-corrected chi connectivity index (χ4v) is 1.81. The second-order valence-electron chi connectivity index (χ2n) is 3.72. The van der Waals surface area contributed by atoms with Crippen LogP contribution in [0.25, 0.3) is 0 Å². The third kappa shape index (κ3) is 1.31. The Hall–Kier alpha value is -0.630. The van der Waals surface area contributed by atoms with Crippen LogP contribution >= 0.6 is 15.9 Å². The molecule has 0 bridgehead atoms. The summed E-state index contributed by atoms with van der Waals surface area (Å²) in [5.74, 6) is 0. The van der Waals surface area contributed by atoms with Gasteiger partial charge in [0.05, 0.1) is 5.70 Å². The number of aliphatic imine (C=N–C) groups is 1. The van der Waals surface area contributed by atoms with E-state index in [-0.39, 0.29) is 5.41 Å². The molecule has 0 saturated carbocycles. The molecule has 0 atom stereocenters. The molecule has 0 amide bonds. The first kappa shape index (κ1) is 7.99. The van der Waals surface area contributed by atoms with Crippen LogP contribution in [0.3, 0.4) is 0 Å². The molecule has 62 valence electrons. The predicted molar refractivity (Wildman–Crippen MR) is 55.4 cm³/mol. The van der Waals surface area contributed by atoms with Gasteiger partial charge in [0.15, 0.2) is 0 Å². The lowest BCUT2D eigenvalue weighted by atomic mass is 9.86. The second kappa shape index (κ2) is 2.43. The van der Waals surface area contributed by atoms with Crippen LogP contribution in [0, 0.1) is 5.41 Å². The Morgan fingerprint density at radius 1 is 1.42 bits per heavy atom. The molecule has 12 heavy (non-hydrogen) atoms. The summed E-state index contributed by atoms with van der Waals surface area (Å²) in [6.45, 7) is 4.35. The molecule has 0 unspecified atom stereocenters. The minimum Gasteiger partial charge on any atom is -0.241 e. The van der Waals surface area contributed by atoms with E-state index in [1.54, 1.807) is 0 Å². The van der Waals surface area contributed by atoms with Gasteiger partial charge in [-0.05, 0) is 28.1 Å². The third-order valence-corrected chi connectivity index (χ3v) is 2.41. The quantitative estimate of drug-likeness (QED) is 0.599. The Bertz CT molecular complexity index is 343. The normalized spacial score (nSPS) is 24.4. The van der Waals surface area contributed by atoms with E-state index in [0.717, 1.165) is 10.3 Å². The Morgan fingerprint density at radius 3 is 2.92 bits per heavy atom. The Balaban J connectivity index is 2.46. The van der Waals surface area contributed by atoms with Crippen molar-refractivity contribution in [1.29, 1.82) is 0 Å². The smallest absolute Gasteiger partial charge is 0.107 e. The van der Waals surface area contributed by atoms with Gasteiger partial charge >= 0.3 is 0 Å². The van der Waals surface area contributed by atoms with Gasteiger partial charge in [-0.3, -0.25) is 0 Å². The first-order valence-corrected chi connectivity index (χ1v) is 4.74. The van der Waals surface area contributed by atoms with Crippen molar-refractivity contribution in [3.8, 4) is 0 Å². The van der Waals surface area contributed by atoms with Crippen LogP contribution in [-0.2, 0) is 0 Å². The van der Waals surface area contributed by atoms with Crippen LogP contribution in [0.4, 0.5) is 0 Å². The van der Waals surface area contributed by atoms with Crippen molar-refractivity contribution in [2.45, 2.75) is 13.8 Å². The first-order valence-electron chi connectivity index (χ1n) is 3.95. The van der Waals surface area contributed by atoms with Crippen molar-refractivity contribution in [1.82, 2.24) is 0 Å². The zero-order valence-corrected chi connectivity index (χ0v) is 8.72. The monoisotopic (exact) mass is 223 g/mol. The Morgan fingerprint density at radius 2 is 2.17 bits per heavy atom. The Kier molecular flexibility index (Phi) is 1.62. The number of hydrogen-bond acceptors (Lipinski definition) is 1. The van der Waals surface area contributed by atoms with E-state index in [1.807, 2.05) is 6.08 Å². The highest BCUT2D eigenvalue weighted by molar-refractivity contribution is 9.18.